The van der Waals surface area contributed by atoms with Crippen LogP contribution in [0.4, 0.5) is 0 Å². The molecule has 1 aromatic heterocycles. The fraction of sp³-hybridized carbons (Fsp3) is 0.273. The lowest BCUT2D eigenvalue weighted by Gasteiger charge is -2.06. The van der Waals surface area contributed by atoms with Gasteiger partial charge in [-0.25, -0.2) is 9.67 Å². The molecule has 0 saturated carbocycles. The molecule has 0 radical (unpaired) electrons. The highest BCUT2D eigenvalue weighted by molar-refractivity contribution is 6.30. The Morgan fingerprint density at radius 2 is 2.06 bits per heavy atom. The SMILES string of the molecule is CCNCc1ncnn1-c1ccc(Cl)cc1. The number of nitrogens with zero attached hydrogens (tertiary/aromatic N) is 3. The largest absolute Gasteiger partial charge is 0.310 e. The summed E-state index contributed by atoms with van der Waals surface area (Å²) in [5.74, 6) is 0.893. The highest BCUT2D eigenvalue weighted by atomic mass is 35.5. The number of rotatable bonds is 4. The highest BCUT2D eigenvalue weighted by Gasteiger charge is 2.05. The first-order valence-corrected chi connectivity index (χ1v) is 5.54. The summed E-state index contributed by atoms with van der Waals surface area (Å²) >= 11 is 5.84. The van der Waals surface area contributed by atoms with Crippen LogP contribution in [0, 0.1) is 0 Å². The quantitative estimate of drug-likeness (QED) is 0.884. The van der Waals surface area contributed by atoms with E-state index < -0.39 is 0 Å². The van der Waals surface area contributed by atoms with Gasteiger partial charge in [0.15, 0.2) is 0 Å². The van der Waals surface area contributed by atoms with Crippen molar-refractivity contribution in [1.29, 1.82) is 0 Å². The molecule has 0 aliphatic rings. The van der Waals surface area contributed by atoms with Crippen molar-refractivity contribution in [3.8, 4) is 5.69 Å². The van der Waals surface area contributed by atoms with Crippen LogP contribution in [0.3, 0.4) is 0 Å². The molecule has 1 heterocycles. The van der Waals surface area contributed by atoms with Gasteiger partial charge in [0.1, 0.15) is 12.2 Å². The first-order valence-electron chi connectivity index (χ1n) is 5.17. The molecular formula is C11H13ClN4. The number of hydrogen-bond donors (Lipinski definition) is 1. The van der Waals surface area contributed by atoms with Gasteiger partial charge in [-0.05, 0) is 30.8 Å². The average Bonchev–Trinajstić information content (AvgIpc) is 2.75. The Hall–Kier alpha value is -1.39. The van der Waals surface area contributed by atoms with E-state index in [2.05, 4.69) is 22.3 Å². The van der Waals surface area contributed by atoms with E-state index in [1.807, 2.05) is 24.3 Å². The first-order chi connectivity index (χ1) is 7.81. The van der Waals surface area contributed by atoms with E-state index >= 15 is 0 Å². The molecule has 0 saturated heterocycles. The second-order valence-corrected chi connectivity index (χ2v) is 3.78. The third kappa shape index (κ3) is 2.40. The van der Waals surface area contributed by atoms with Crippen LogP contribution in [-0.2, 0) is 6.54 Å². The molecule has 0 aliphatic carbocycles. The Kier molecular flexibility index (Phi) is 3.54. The standard InChI is InChI=1S/C11H13ClN4/c1-2-13-7-11-14-8-15-16(11)10-5-3-9(12)4-6-10/h3-6,8,13H,2,7H2,1H3. The zero-order valence-electron chi connectivity index (χ0n) is 9.02. The lowest BCUT2D eigenvalue weighted by atomic mass is 10.3. The Labute approximate surface area is 99.3 Å². The Morgan fingerprint density at radius 3 is 2.75 bits per heavy atom. The van der Waals surface area contributed by atoms with Gasteiger partial charge in [0.25, 0.3) is 0 Å². The minimum absolute atomic E-state index is 0.707. The van der Waals surface area contributed by atoms with Crippen molar-refractivity contribution in [2.75, 3.05) is 6.54 Å². The summed E-state index contributed by atoms with van der Waals surface area (Å²) in [6.45, 7) is 3.68. The van der Waals surface area contributed by atoms with Gasteiger partial charge in [-0.15, -0.1) is 0 Å². The van der Waals surface area contributed by atoms with Crippen LogP contribution in [0.2, 0.25) is 5.02 Å². The zero-order chi connectivity index (χ0) is 11.4. The van der Waals surface area contributed by atoms with E-state index in [4.69, 9.17) is 11.6 Å². The third-order valence-electron chi connectivity index (χ3n) is 2.22. The van der Waals surface area contributed by atoms with Crippen molar-refractivity contribution in [3.05, 3.63) is 41.4 Å². The third-order valence-corrected chi connectivity index (χ3v) is 2.47. The van der Waals surface area contributed by atoms with Crippen molar-refractivity contribution in [1.82, 2.24) is 20.1 Å². The molecular weight excluding hydrogens is 224 g/mol. The lowest BCUT2D eigenvalue weighted by molar-refractivity contribution is 0.664. The summed E-state index contributed by atoms with van der Waals surface area (Å²) in [7, 11) is 0. The van der Waals surface area contributed by atoms with Crippen molar-refractivity contribution < 1.29 is 0 Å². The summed E-state index contributed by atoms with van der Waals surface area (Å²) in [6.07, 6.45) is 1.56. The lowest BCUT2D eigenvalue weighted by Crippen LogP contribution is -2.16. The van der Waals surface area contributed by atoms with Crippen molar-refractivity contribution >= 4 is 11.6 Å². The molecule has 84 valence electrons. The second kappa shape index (κ2) is 5.09. The van der Waals surface area contributed by atoms with Gasteiger partial charge in [-0.3, -0.25) is 0 Å². The molecule has 0 unspecified atom stereocenters. The maximum Gasteiger partial charge on any atom is 0.146 e. The molecule has 2 rings (SSSR count). The summed E-state index contributed by atoms with van der Waals surface area (Å²) in [5.41, 5.74) is 0.967. The van der Waals surface area contributed by atoms with Crippen LogP contribution in [-0.4, -0.2) is 21.3 Å². The van der Waals surface area contributed by atoms with Crippen LogP contribution in [0.1, 0.15) is 12.7 Å². The Balaban J connectivity index is 2.26. The predicted molar refractivity (Wildman–Crippen MR) is 63.7 cm³/mol. The Bertz CT molecular complexity index is 449. The predicted octanol–water partition coefficient (Wildman–Crippen LogP) is 2.03. The molecule has 0 aliphatic heterocycles. The van der Waals surface area contributed by atoms with Gasteiger partial charge in [-0.2, -0.15) is 5.10 Å². The van der Waals surface area contributed by atoms with Crippen LogP contribution in [0.15, 0.2) is 30.6 Å². The molecule has 0 amide bonds. The summed E-state index contributed by atoms with van der Waals surface area (Å²) < 4.78 is 1.80. The van der Waals surface area contributed by atoms with Crippen molar-refractivity contribution in [2.45, 2.75) is 13.5 Å². The van der Waals surface area contributed by atoms with E-state index in [9.17, 15) is 0 Å². The van der Waals surface area contributed by atoms with Gasteiger partial charge in [0.05, 0.1) is 12.2 Å². The number of hydrogen-bond acceptors (Lipinski definition) is 3. The van der Waals surface area contributed by atoms with Gasteiger partial charge in [-0.1, -0.05) is 18.5 Å². The van der Waals surface area contributed by atoms with Crippen LogP contribution >= 0.6 is 11.6 Å². The molecule has 2 aromatic rings. The summed E-state index contributed by atoms with van der Waals surface area (Å²) in [6, 6.07) is 7.53. The maximum absolute atomic E-state index is 5.84. The topological polar surface area (TPSA) is 42.7 Å². The first kappa shape index (κ1) is 11.1. The average molecular weight is 237 g/mol. The molecule has 5 heteroatoms. The Morgan fingerprint density at radius 1 is 1.31 bits per heavy atom. The number of halogens is 1. The summed E-state index contributed by atoms with van der Waals surface area (Å²) in [5, 5.41) is 8.13. The molecule has 1 N–H and O–H groups in total. The van der Waals surface area contributed by atoms with E-state index in [1.165, 1.54) is 0 Å². The van der Waals surface area contributed by atoms with E-state index in [1.54, 1.807) is 11.0 Å². The van der Waals surface area contributed by atoms with Crippen molar-refractivity contribution in [3.63, 3.8) is 0 Å². The van der Waals surface area contributed by atoms with Gasteiger partial charge in [0, 0.05) is 5.02 Å². The maximum atomic E-state index is 5.84. The minimum atomic E-state index is 0.707. The second-order valence-electron chi connectivity index (χ2n) is 3.34. The van der Waals surface area contributed by atoms with Crippen molar-refractivity contribution in [2.24, 2.45) is 0 Å². The molecule has 4 nitrogen and oxygen atoms in total. The zero-order valence-corrected chi connectivity index (χ0v) is 9.78. The van der Waals surface area contributed by atoms with E-state index in [-0.39, 0.29) is 0 Å². The number of aromatic nitrogens is 3. The molecule has 0 fully saturated rings. The molecule has 16 heavy (non-hydrogen) atoms. The van der Waals surface area contributed by atoms with Gasteiger partial charge < -0.3 is 5.32 Å². The van der Waals surface area contributed by atoms with E-state index in [0.29, 0.717) is 6.54 Å². The molecule has 1 aromatic carbocycles. The van der Waals surface area contributed by atoms with Crippen LogP contribution < -0.4 is 5.32 Å². The van der Waals surface area contributed by atoms with Gasteiger partial charge >= 0.3 is 0 Å². The fourth-order valence-electron chi connectivity index (χ4n) is 1.42. The fourth-order valence-corrected chi connectivity index (χ4v) is 1.55. The number of nitrogens with one attached hydrogen (secondary N) is 1. The van der Waals surface area contributed by atoms with Crippen LogP contribution in [0.5, 0.6) is 0 Å². The molecule has 0 bridgehead atoms. The smallest absolute Gasteiger partial charge is 0.146 e. The normalized spacial score (nSPS) is 10.6. The monoisotopic (exact) mass is 236 g/mol. The molecule has 0 atom stereocenters. The van der Waals surface area contributed by atoms with E-state index in [0.717, 1.165) is 23.1 Å². The summed E-state index contributed by atoms with van der Waals surface area (Å²) in [4.78, 5) is 4.21. The highest BCUT2D eigenvalue weighted by Crippen LogP contribution is 2.13. The molecule has 0 spiro atoms. The minimum Gasteiger partial charge on any atom is -0.310 e. The van der Waals surface area contributed by atoms with Gasteiger partial charge in [0.2, 0.25) is 0 Å². The van der Waals surface area contributed by atoms with Crippen LogP contribution in [0.25, 0.3) is 5.69 Å². The number of benzene rings is 1.